The molecule has 0 spiro atoms. The number of aliphatic hydroxyl groups is 1. The predicted octanol–water partition coefficient (Wildman–Crippen LogP) is 4.63. The second-order valence-electron chi connectivity index (χ2n) is 7.21. The monoisotopic (exact) mass is 340 g/mol. The Bertz CT molecular complexity index is 446. The van der Waals surface area contributed by atoms with E-state index in [9.17, 15) is 5.11 Å². The average molecular weight is 341 g/mol. The summed E-state index contributed by atoms with van der Waals surface area (Å²) in [6.07, 6.45) is 9.00. The molecule has 4 aliphatic carbocycles. The summed E-state index contributed by atoms with van der Waals surface area (Å²) in [6, 6.07) is 4.27. The van der Waals surface area contributed by atoms with E-state index in [0.717, 1.165) is 24.2 Å². The van der Waals surface area contributed by atoms with Crippen LogP contribution in [0, 0.1) is 23.2 Å². The molecule has 19 heavy (non-hydrogen) atoms. The Hall–Kier alpha value is 0.140. The first-order chi connectivity index (χ1) is 9.13. The summed E-state index contributed by atoms with van der Waals surface area (Å²) in [5, 5.41) is 10.9. The second-order valence-corrected chi connectivity index (χ2v) is 9.75. The number of aliphatic hydroxyl groups excluding tert-OH is 1. The van der Waals surface area contributed by atoms with Gasteiger partial charge in [-0.3, -0.25) is 0 Å². The van der Waals surface area contributed by atoms with E-state index in [1.165, 1.54) is 47.2 Å². The normalized spacial score (nSPS) is 41.7. The van der Waals surface area contributed by atoms with Crippen LogP contribution in [0.4, 0.5) is 0 Å². The molecule has 0 saturated heterocycles. The highest BCUT2D eigenvalue weighted by Gasteiger charge is 2.53. The van der Waals surface area contributed by atoms with E-state index in [-0.39, 0.29) is 11.5 Å². The van der Waals surface area contributed by atoms with E-state index < -0.39 is 0 Å². The van der Waals surface area contributed by atoms with Gasteiger partial charge in [-0.15, -0.1) is 11.3 Å². The van der Waals surface area contributed by atoms with E-state index in [0.29, 0.717) is 0 Å². The molecular weight excluding hydrogens is 320 g/mol. The zero-order valence-corrected chi connectivity index (χ0v) is 13.5. The Labute approximate surface area is 127 Å². The van der Waals surface area contributed by atoms with Crippen molar-refractivity contribution in [2.75, 3.05) is 0 Å². The van der Waals surface area contributed by atoms with E-state index in [2.05, 4.69) is 28.1 Å². The fourth-order valence-electron chi connectivity index (χ4n) is 5.45. The molecule has 0 aromatic carbocycles. The molecule has 4 bridgehead atoms. The summed E-state index contributed by atoms with van der Waals surface area (Å²) in [5.41, 5.74) is 0.269. The van der Waals surface area contributed by atoms with Crippen molar-refractivity contribution in [2.45, 2.75) is 51.0 Å². The number of halogens is 1. The summed E-state index contributed by atoms with van der Waals surface area (Å²) in [4.78, 5) is 1.33. The van der Waals surface area contributed by atoms with Crippen LogP contribution in [0.5, 0.6) is 0 Å². The topological polar surface area (TPSA) is 20.2 Å². The van der Waals surface area contributed by atoms with Crippen molar-refractivity contribution in [1.29, 1.82) is 0 Å². The fraction of sp³-hybridized carbons (Fsp3) is 0.750. The molecule has 5 rings (SSSR count). The number of rotatable bonds is 3. The van der Waals surface area contributed by atoms with Gasteiger partial charge in [0.05, 0.1) is 9.89 Å². The maximum Gasteiger partial charge on any atom is 0.0701 e. The van der Waals surface area contributed by atoms with Gasteiger partial charge in [0.1, 0.15) is 0 Å². The summed E-state index contributed by atoms with van der Waals surface area (Å²) in [5.74, 6) is 2.78. The smallest absolute Gasteiger partial charge is 0.0701 e. The Morgan fingerprint density at radius 3 is 2.21 bits per heavy atom. The molecular formula is C16H21BrOS. The molecule has 1 N–H and O–H groups in total. The molecule has 3 heteroatoms. The van der Waals surface area contributed by atoms with Gasteiger partial charge in [-0.25, -0.2) is 0 Å². The van der Waals surface area contributed by atoms with Gasteiger partial charge >= 0.3 is 0 Å². The Kier molecular flexibility index (Phi) is 3.09. The van der Waals surface area contributed by atoms with Gasteiger partial charge < -0.3 is 5.11 Å². The molecule has 4 aliphatic rings. The molecule has 0 aliphatic heterocycles. The van der Waals surface area contributed by atoms with E-state index in [1.807, 2.05) is 0 Å². The molecule has 4 saturated carbocycles. The maximum atomic E-state index is 10.9. The van der Waals surface area contributed by atoms with Crippen molar-refractivity contribution in [3.63, 3.8) is 0 Å². The lowest BCUT2D eigenvalue weighted by Crippen LogP contribution is -2.52. The zero-order chi connectivity index (χ0) is 13.0. The molecule has 1 aromatic rings. The number of hydrogen-bond donors (Lipinski definition) is 1. The third-order valence-electron chi connectivity index (χ3n) is 5.82. The third-order valence-corrected chi connectivity index (χ3v) is 7.46. The summed E-state index contributed by atoms with van der Waals surface area (Å²) in [7, 11) is 0. The standard InChI is InChI=1S/C16H21BrOS/c17-15-2-1-13(19-15)6-14(18)16-7-10-3-11(8-16)5-12(4-10)9-16/h1-2,10-12,14,18H,3-9H2. The number of hydrogen-bond acceptors (Lipinski definition) is 2. The molecule has 0 radical (unpaired) electrons. The van der Waals surface area contributed by atoms with Gasteiger partial charge in [-0.1, -0.05) is 0 Å². The molecule has 1 nitrogen and oxygen atoms in total. The highest BCUT2D eigenvalue weighted by Crippen LogP contribution is 2.61. The van der Waals surface area contributed by atoms with Crippen LogP contribution in [-0.4, -0.2) is 11.2 Å². The van der Waals surface area contributed by atoms with Gasteiger partial charge in [0.2, 0.25) is 0 Å². The molecule has 1 unspecified atom stereocenters. The molecule has 4 fully saturated rings. The van der Waals surface area contributed by atoms with E-state index in [1.54, 1.807) is 11.3 Å². The van der Waals surface area contributed by atoms with Crippen molar-refractivity contribution in [3.8, 4) is 0 Å². The summed E-state index contributed by atoms with van der Waals surface area (Å²) >= 11 is 5.30. The molecule has 104 valence electrons. The highest BCUT2D eigenvalue weighted by molar-refractivity contribution is 9.11. The van der Waals surface area contributed by atoms with Gasteiger partial charge in [0, 0.05) is 11.3 Å². The van der Waals surface area contributed by atoms with Gasteiger partial charge in [0.15, 0.2) is 0 Å². The van der Waals surface area contributed by atoms with Crippen molar-refractivity contribution >= 4 is 27.3 Å². The first-order valence-corrected chi connectivity index (χ1v) is 9.16. The maximum absolute atomic E-state index is 10.9. The summed E-state index contributed by atoms with van der Waals surface area (Å²) < 4.78 is 1.18. The minimum Gasteiger partial charge on any atom is -0.392 e. The fourth-order valence-corrected chi connectivity index (χ4v) is 6.97. The minimum absolute atomic E-state index is 0.119. The molecule has 0 amide bonds. The van der Waals surface area contributed by atoms with Crippen LogP contribution in [0.1, 0.15) is 43.4 Å². The first-order valence-electron chi connectivity index (χ1n) is 7.55. The number of thiophene rings is 1. The van der Waals surface area contributed by atoms with E-state index >= 15 is 0 Å². The van der Waals surface area contributed by atoms with Gasteiger partial charge in [0.25, 0.3) is 0 Å². The average Bonchev–Trinajstić information content (AvgIpc) is 2.73. The van der Waals surface area contributed by atoms with Crippen molar-refractivity contribution < 1.29 is 5.11 Å². The van der Waals surface area contributed by atoms with E-state index in [4.69, 9.17) is 0 Å². The summed E-state index contributed by atoms with van der Waals surface area (Å²) in [6.45, 7) is 0. The van der Waals surface area contributed by atoms with Crippen LogP contribution in [0.15, 0.2) is 15.9 Å². The Morgan fingerprint density at radius 2 is 1.74 bits per heavy atom. The second kappa shape index (κ2) is 4.57. The molecule has 1 aromatic heterocycles. The minimum atomic E-state index is -0.119. The Morgan fingerprint density at radius 1 is 1.16 bits per heavy atom. The SMILES string of the molecule is OC(Cc1ccc(Br)s1)C12CC3CC(CC(C3)C1)C2. The van der Waals surface area contributed by atoms with Crippen LogP contribution in [0.2, 0.25) is 0 Å². The lowest BCUT2D eigenvalue weighted by Gasteiger charge is -2.58. The predicted molar refractivity (Wildman–Crippen MR) is 82.3 cm³/mol. The largest absolute Gasteiger partial charge is 0.392 e. The van der Waals surface area contributed by atoms with Gasteiger partial charge in [-0.05, 0) is 89.8 Å². The van der Waals surface area contributed by atoms with Crippen LogP contribution in [-0.2, 0) is 6.42 Å². The lowest BCUT2D eigenvalue weighted by atomic mass is 9.48. The van der Waals surface area contributed by atoms with Gasteiger partial charge in [-0.2, -0.15) is 0 Å². The van der Waals surface area contributed by atoms with Crippen LogP contribution in [0.25, 0.3) is 0 Å². The zero-order valence-electron chi connectivity index (χ0n) is 11.1. The quantitative estimate of drug-likeness (QED) is 0.850. The Balaban J connectivity index is 1.54. The van der Waals surface area contributed by atoms with Crippen LogP contribution in [0.3, 0.4) is 0 Å². The van der Waals surface area contributed by atoms with Crippen LogP contribution >= 0.6 is 27.3 Å². The van der Waals surface area contributed by atoms with Crippen molar-refractivity contribution in [1.82, 2.24) is 0 Å². The van der Waals surface area contributed by atoms with Crippen LogP contribution < -0.4 is 0 Å². The molecule has 1 heterocycles. The van der Waals surface area contributed by atoms with Crippen molar-refractivity contribution in [3.05, 3.63) is 20.8 Å². The highest BCUT2D eigenvalue weighted by atomic mass is 79.9. The molecule has 1 atom stereocenters. The third kappa shape index (κ3) is 2.22. The van der Waals surface area contributed by atoms with Crippen molar-refractivity contribution in [2.24, 2.45) is 23.2 Å². The first kappa shape index (κ1) is 12.8. The lowest BCUT2D eigenvalue weighted by molar-refractivity contribution is -0.119.